The minimum Gasteiger partial charge on any atom is -0.316 e. The second-order valence-electron chi connectivity index (χ2n) is 3.99. The lowest BCUT2D eigenvalue weighted by atomic mass is 9.63. The smallest absolute Gasteiger partial charge is 0.162 e. The van der Waals surface area contributed by atoms with Gasteiger partial charge in [0, 0.05) is 6.54 Å². The van der Waals surface area contributed by atoms with E-state index in [4.69, 9.17) is 0 Å². The molecule has 1 spiro atoms. The molecule has 1 saturated carbocycles. The van der Waals surface area contributed by atoms with Gasteiger partial charge in [-0.25, -0.2) is 4.39 Å². The topological polar surface area (TPSA) is 12.0 Å². The molecule has 2 aliphatic rings. The second kappa shape index (κ2) is 2.55. The molecule has 11 heavy (non-hydrogen) atoms. The van der Waals surface area contributed by atoms with Crippen molar-refractivity contribution in [2.45, 2.75) is 29.4 Å². The third-order valence-corrected chi connectivity index (χ3v) is 3.59. The van der Waals surface area contributed by atoms with Gasteiger partial charge in [0.15, 0.2) is 3.68 Å². The van der Waals surface area contributed by atoms with E-state index in [-0.39, 0.29) is 0 Å². The number of hydrogen-bond donors (Lipinski definition) is 1. The molecule has 64 valence electrons. The van der Waals surface area contributed by atoms with Crippen molar-refractivity contribution in [3.05, 3.63) is 0 Å². The molecule has 0 aromatic carbocycles. The maximum Gasteiger partial charge on any atom is 0.162 e. The van der Waals surface area contributed by atoms with Crippen molar-refractivity contribution < 1.29 is 4.39 Å². The Morgan fingerprint density at radius 2 is 2.09 bits per heavy atom. The predicted molar refractivity (Wildman–Crippen MR) is 51.6 cm³/mol. The Morgan fingerprint density at radius 1 is 1.36 bits per heavy atom. The summed E-state index contributed by atoms with van der Waals surface area (Å²) in [6, 6.07) is 0. The zero-order valence-corrected chi connectivity index (χ0v) is 8.66. The van der Waals surface area contributed by atoms with Gasteiger partial charge in [0.1, 0.15) is 0 Å². The zero-order valence-electron chi connectivity index (χ0n) is 6.50. The van der Waals surface area contributed by atoms with Crippen molar-refractivity contribution >= 4 is 22.6 Å². The average Bonchev–Trinajstić information content (AvgIpc) is 1.85. The molecule has 0 amide bonds. The molecule has 0 aromatic rings. The quantitative estimate of drug-likeness (QED) is 0.525. The highest BCUT2D eigenvalue weighted by atomic mass is 127. The van der Waals surface area contributed by atoms with Crippen molar-refractivity contribution in [1.29, 1.82) is 0 Å². The molecule has 1 aliphatic heterocycles. The van der Waals surface area contributed by atoms with Gasteiger partial charge in [-0.3, -0.25) is 0 Å². The first kappa shape index (κ1) is 8.23. The number of alkyl halides is 2. The summed E-state index contributed by atoms with van der Waals surface area (Å²) in [5.41, 5.74) is 0.341. The highest BCUT2D eigenvalue weighted by Gasteiger charge is 2.53. The molecule has 0 unspecified atom stereocenters. The van der Waals surface area contributed by atoms with Gasteiger partial charge in [0.25, 0.3) is 0 Å². The molecule has 1 N–H and O–H groups in total. The number of piperidine rings is 1. The summed E-state index contributed by atoms with van der Waals surface area (Å²) >= 11 is 1.95. The SMILES string of the molecule is FC1(I)CC2(CCCNC2)C1. The monoisotopic (exact) mass is 269 g/mol. The predicted octanol–water partition coefficient (Wildman–Crippen LogP) is 2.25. The van der Waals surface area contributed by atoms with Crippen molar-refractivity contribution in [2.24, 2.45) is 5.41 Å². The van der Waals surface area contributed by atoms with E-state index in [2.05, 4.69) is 5.32 Å². The second-order valence-corrected chi connectivity index (χ2v) is 5.92. The van der Waals surface area contributed by atoms with Crippen LogP contribution in [0, 0.1) is 5.41 Å². The first-order chi connectivity index (χ1) is 5.12. The maximum atomic E-state index is 13.2. The van der Waals surface area contributed by atoms with Gasteiger partial charge in [-0.05, 0) is 60.2 Å². The van der Waals surface area contributed by atoms with Crippen LogP contribution in [0.25, 0.3) is 0 Å². The van der Waals surface area contributed by atoms with Crippen LogP contribution in [0.3, 0.4) is 0 Å². The van der Waals surface area contributed by atoms with Crippen LogP contribution in [0.15, 0.2) is 0 Å². The minimum atomic E-state index is -0.878. The van der Waals surface area contributed by atoms with E-state index in [9.17, 15) is 4.39 Å². The van der Waals surface area contributed by atoms with Gasteiger partial charge in [-0.2, -0.15) is 0 Å². The molecule has 2 fully saturated rings. The lowest BCUT2D eigenvalue weighted by Gasteiger charge is -2.51. The van der Waals surface area contributed by atoms with Crippen LogP contribution < -0.4 is 5.32 Å². The summed E-state index contributed by atoms with van der Waals surface area (Å²) in [5.74, 6) is 0. The molecular weight excluding hydrogens is 256 g/mol. The molecule has 0 radical (unpaired) electrons. The number of nitrogens with one attached hydrogen (secondary N) is 1. The third-order valence-electron chi connectivity index (χ3n) is 2.83. The van der Waals surface area contributed by atoms with Crippen LogP contribution in [0.4, 0.5) is 4.39 Å². The van der Waals surface area contributed by atoms with Crippen LogP contribution in [-0.4, -0.2) is 16.8 Å². The van der Waals surface area contributed by atoms with Gasteiger partial charge in [-0.1, -0.05) is 0 Å². The van der Waals surface area contributed by atoms with Gasteiger partial charge < -0.3 is 5.32 Å². The van der Waals surface area contributed by atoms with E-state index in [0.29, 0.717) is 5.41 Å². The highest BCUT2D eigenvalue weighted by Crippen LogP contribution is 2.57. The average molecular weight is 269 g/mol. The summed E-state index contributed by atoms with van der Waals surface area (Å²) in [6.07, 6.45) is 4.00. The van der Waals surface area contributed by atoms with Crippen molar-refractivity contribution in [2.75, 3.05) is 13.1 Å². The Morgan fingerprint density at radius 3 is 2.55 bits per heavy atom. The van der Waals surface area contributed by atoms with Gasteiger partial charge in [0.05, 0.1) is 0 Å². The Bertz CT molecular complexity index is 153. The number of halogens is 2. The zero-order chi connectivity index (χ0) is 7.95. The fourth-order valence-corrected chi connectivity index (χ4v) is 4.00. The van der Waals surface area contributed by atoms with Crippen molar-refractivity contribution in [1.82, 2.24) is 5.32 Å². The molecule has 0 bridgehead atoms. The highest BCUT2D eigenvalue weighted by molar-refractivity contribution is 14.1. The maximum absolute atomic E-state index is 13.2. The fourth-order valence-electron chi connectivity index (χ4n) is 2.38. The Labute approximate surface area is 80.3 Å². The molecule has 0 atom stereocenters. The summed E-state index contributed by atoms with van der Waals surface area (Å²) in [6.45, 7) is 2.17. The Balaban J connectivity index is 1.94. The largest absolute Gasteiger partial charge is 0.316 e. The van der Waals surface area contributed by atoms with Crippen molar-refractivity contribution in [3.63, 3.8) is 0 Å². The lowest BCUT2D eigenvalue weighted by Crippen LogP contribution is -2.53. The molecule has 1 aliphatic carbocycles. The lowest BCUT2D eigenvalue weighted by molar-refractivity contribution is -0.00641. The molecule has 3 heteroatoms. The molecule has 1 heterocycles. The number of rotatable bonds is 0. The molecule has 2 rings (SSSR count). The van der Waals surface area contributed by atoms with Crippen LogP contribution in [0.2, 0.25) is 0 Å². The van der Waals surface area contributed by atoms with Crippen LogP contribution >= 0.6 is 22.6 Å². The van der Waals surface area contributed by atoms with E-state index in [1.54, 1.807) is 0 Å². The standard InChI is InChI=1S/C8H13FIN/c9-8(10)4-7(5-8)2-1-3-11-6-7/h11H,1-6H2. The number of hydrogen-bond acceptors (Lipinski definition) is 1. The van der Waals surface area contributed by atoms with Gasteiger partial charge >= 0.3 is 0 Å². The summed E-state index contributed by atoms with van der Waals surface area (Å²) in [7, 11) is 0. The van der Waals surface area contributed by atoms with E-state index >= 15 is 0 Å². The van der Waals surface area contributed by atoms with Gasteiger partial charge in [-0.15, -0.1) is 0 Å². The minimum absolute atomic E-state index is 0.341. The molecule has 0 aromatic heterocycles. The van der Waals surface area contributed by atoms with E-state index in [1.807, 2.05) is 22.6 Å². The van der Waals surface area contributed by atoms with Crippen LogP contribution in [0.5, 0.6) is 0 Å². The summed E-state index contributed by atoms with van der Waals surface area (Å²) < 4.78 is 12.3. The third kappa shape index (κ3) is 1.54. The summed E-state index contributed by atoms with van der Waals surface area (Å²) in [4.78, 5) is 0. The first-order valence-corrected chi connectivity index (χ1v) is 5.29. The summed E-state index contributed by atoms with van der Waals surface area (Å²) in [5, 5.41) is 3.35. The van der Waals surface area contributed by atoms with Gasteiger partial charge in [0.2, 0.25) is 0 Å². The van der Waals surface area contributed by atoms with Crippen LogP contribution in [0.1, 0.15) is 25.7 Å². The Kier molecular flexibility index (Phi) is 1.91. The molecule has 1 saturated heterocycles. The normalized spacial score (nSPS) is 50.7. The Hall–Kier alpha value is 0.620. The molecular formula is C8H13FIN. The van der Waals surface area contributed by atoms with E-state index in [0.717, 1.165) is 25.9 Å². The van der Waals surface area contributed by atoms with E-state index < -0.39 is 3.68 Å². The fraction of sp³-hybridized carbons (Fsp3) is 1.00. The molecule has 1 nitrogen and oxygen atoms in total. The van der Waals surface area contributed by atoms with E-state index in [1.165, 1.54) is 12.8 Å². The van der Waals surface area contributed by atoms with Crippen LogP contribution in [-0.2, 0) is 0 Å². The van der Waals surface area contributed by atoms with Crippen molar-refractivity contribution in [3.8, 4) is 0 Å². The first-order valence-electron chi connectivity index (χ1n) is 4.21.